The third-order valence-electron chi connectivity index (χ3n) is 2.41. The molecule has 5 nitrogen and oxygen atoms in total. The summed E-state index contributed by atoms with van der Waals surface area (Å²) in [5, 5.41) is 11.4. The van der Waals surface area contributed by atoms with Gasteiger partial charge in [0, 0.05) is 19.6 Å². The SMILES string of the molecule is CC1(C)OCC(CNC(=O)CCCCO)O1. The molecule has 1 amide bonds. The number of unbranched alkanes of at least 4 members (excludes halogenated alkanes) is 1. The van der Waals surface area contributed by atoms with E-state index in [9.17, 15) is 4.79 Å². The van der Waals surface area contributed by atoms with E-state index >= 15 is 0 Å². The smallest absolute Gasteiger partial charge is 0.220 e. The Kier molecular flexibility index (Phi) is 5.18. The number of amides is 1. The van der Waals surface area contributed by atoms with Gasteiger partial charge in [0.25, 0.3) is 0 Å². The van der Waals surface area contributed by atoms with Gasteiger partial charge in [0.2, 0.25) is 5.91 Å². The maximum Gasteiger partial charge on any atom is 0.220 e. The topological polar surface area (TPSA) is 67.8 Å². The molecule has 1 aliphatic rings. The molecule has 2 N–H and O–H groups in total. The maximum absolute atomic E-state index is 11.3. The van der Waals surface area contributed by atoms with Crippen molar-refractivity contribution in [3.8, 4) is 0 Å². The molecule has 0 aromatic rings. The van der Waals surface area contributed by atoms with Gasteiger partial charge < -0.3 is 19.9 Å². The van der Waals surface area contributed by atoms with E-state index < -0.39 is 5.79 Å². The number of aliphatic hydroxyl groups is 1. The van der Waals surface area contributed by atoms with Gasteiger partial charge in [-0.2, -0.15) is 0 Å². The highest BCUT2D eigenvalue weighted by Crippen LogP contribution is 2.21. The highest BCUT2D eigenvalue weighted by Gasteiger charge is 2.32. The van der Waals surface area contributed by atoms with E-state index in [0.29, 0.717) is 26.0 Å². The van der Waals surface area contributed by atoms with Gasteiger partial charge in [-0.25, -0.2) is 0 Å². The molecule has 1 fully saturated rings. The first kappa shape index (κ1) is 13.4. The molecule has 94 valence electrons. The highest BCUT2D eigenvalue weighted by molar-refractivity contribution is 5.75. The molecule has 0 bridgehead atoms. The second-order valence-electron chi connectivity index (χ2n) is 4.44. The Hall–Kier alpha value is -0.650. The normalized spacial score (nSPS) is 23.3. The van der Waals surface area contributed by atoms with Crippen LogP contribution in [0.3, 0.4) is 0 Å². The van der Waals surface area contributed by atoms with Gasteiger partial charge in [-0.3, -0.25) is 4.79 Å². The molecule has 0 spiro atoms. The van der Waals surface area contributed by atoms with Crippen LogP contribution in [0.5, 0.6) is 0 Å². The number of hydrogen-bond acceptors (Lipinski definition) is 4. The number of nitrogens with one attached hydrogen (secondary N) is 1. The van der Waals surface area contributed by atoms with Crippen molar-refractivity contribution in [1.82, 2.24) is 5.32 Å². The standard InChI is InChI=1S/C11H21NO4/c1-11(2)15-8-9(16-11)7-12-10(14)5-3-4-6-13/h9,13H,3-8H2,1-2H3,(H,12,14). The Morgan fingerprint density at radius 3 is 2.81 bits per heavy atom. The van der Waals surface area contributed by atoms with Gasteiger partial charge in [-0.15, -0.1) is 0 Å². The van der Waals surface area contributed by atoms with Crippen molar-refractivity contribution in [2.45, 2.75) is 45.0 Å². The van der Waals surface area contributed by atoms with Crippen LogP contribution in [0.25, 0.3) is 0 Å². The Bertz CT molecular complexity index is 230. The molecular weight excluding hydrogens is 210 g/mol. The van der Waals surface area contributed by atoms with Crippen LogP contribution >= 0.6 is 0 Å². The van der Waals surface area contributed by atoms with Crippen LogP contribution in [-0.4, -0.2) is 42.7 Å². The number of rotatable bonds is 6. The van der Waals surface area contributed by atoms with Crippen molar-refractivity contribution in [3.63, 3.8) is 0 Å². The maximum atomic E-state index is 11.3. The summed E-state index contributed by atoms with van der Waals surface area (Å²) in [6.45, 7) is 4.86. The molecule has 1 unspecified atom stereocenters. The number of aliphatic hydroxyl groups excluding tert-OH is 1. The number of carbonyl (C=O) groups excluding carboxylic acids is 1. The molecule has 0 aromatic carbocycles. The molecular formula is C11H21NO4. The van der Waals surface area contributed by atoms with E-state index in [2.05, 4.69) is 5.32 Å². The Morgan fingerprint density at radius 2 is 2.25 bits per heavy atom. The van der Waals surface area contributed by atoms with Gasteiger partial charge in [-0.05, 0) is 26.7 Å². The lowest BCUT2D eigenvalue weighted by Crippen LogP contribution is -2.34. The minimum absolute atomic E-state index is 0.00163. The van der Waals surface area contributed by atoms with Gasteiger partial charge in [0.15, 0.2) is 5.79 Å². The summed E-state index contributed by atoms with van der Waals surface area (Å²) in [6, 6.07) is 0. The minimum atomic E-state index is -0.535. The van der Waals surface area contributed by atoms with Crippen molar-refractivity contribution in [1.29, 1.82) is 0 Å². The first-order valence-electron chi connectivity index (χ1n) is 5.73. The van der Waals surface area contributed by atoms with Crippen molar-refractivity contribution >= 4 is 5.91 Å². The number of carbonyl (C=O) groups is 1. The Morgan fingerprint density at radius 1 is 1.50 bits per heavy atom. The van der Waals surface area contributed by atoms with Crippen LogP contribution in [0.4, 0.5) is 0 Å². The van der Waals surface area contributed by atoms with E-state index in [-0.39, 0.29) is 18.6 Å². The Balaban J connectivity index is 2.08. The summed E-state index contributed by atoms with van der Waals surface area (Å²) < 4.78 is 10.9. The molecule has 1 rings (SSSR count). The van der Waals surface area contributed by atoms with Crippen molar-refractivity contribution < 1.29 is 19.4 Å². The fourth-order valence-electron chi connectivity index (χ4n) is 1.58. The van der Waals surface area contributed by atoms with Crippen molar-refractivity contribution in [2.24, 2.45) is 0 Å². The number of ether oxygens (including phenoxy) is 2. The second-order valence-corrected chi connectivity index (χ2v) is 4.44. The van der Waals surface area contributed by atoms with Gasteiger partial charge >= 0.3 is 0 Å². The van der Waals surface area contributed by atoms with Crippen LogP contribution in [0.1, 0.15) is 33.1 Å². The van der Waals surface area contributed by atoms with Crippen LogP contribution < -0.4 is 5.32 Å². The van der Waals surface area contributed by atoms with E-state index in [0.717, 1.165) is 6.42 Å². The third kappa shape index (κ3) is 4.92. The summed E-state index contributed by atoms with van der Waals surface area (Å²) in [5.74, 6) is -0.534. The van der Waals surface area contributed by atoms with E-state index in [1.54, 1.807) is 0 Å². The van der Waals surface area contributed by atoms with E-state index in [1.807, 2.05) is 13.8 Å². The van der Waals surface area contributed by atoms with Crippen LogP contribution in [0.15, 0.2) is 0 Å². The molecule has 0 aromatic heterocycles. The van der Waals surface area contributed by atoms with Crippen LogP contribution in [-0.2, 0) is 14.3 Å². The average Bonchev–Trinajstić information content (AvgIpc) is 2.56. The average molecular weight is 231 g/mol. The van der Waals surface area contributed by atoms with Crippen LogP contribution in [0.2, 0.25) is 0 Å². The summed E-state index contributed by atoms with van der Waals surface area (Å²) in [7, 11) is 0. The summed E-state index contributed by atoms with van der Waals surface area (Å²) in [5.41, 5.74) is 0. The summed E-state index contributed by atoms with van der Waals surface area (Å²) in [6.07, 6.45) is 1.79. The van der Waals surface area contributed by atoms with E-state index in [4.69, 9.17) is 14.6 Å². The lowest BCUT2D eigenvalue weighted by molar-refractivity contribution is -0.139. The molecule has 5 heteroatoms. The monoisotopic (exact) mass is 231 g/mol. The second kappa shape index (κ2) is 6.18. The predicted molar refractivity (Wildman–Crippen MR) is 58.9 cm³/mol. The molecule has 1 saturated heterocycles. The minimum Gasteiger partial charge on any atom is -0.396 e. The van der Waals surface area contributed by atoms with Crippen molar-refractivity contribution in [2.75, 3.05) is 19.8 Å². The van der Waals surface area contributed by atoms with Crippen molar-refractivity contribution in [3.05, 3.63) is 0 Å². The Labute approximate surface area is 96.1 Å². The van der Waals surface area contributed by atoms with Gasteiger partial charge in [-0.1, -0.05) is 0 Å². The van der Waals surface area contributed by atoms with Gasteiger partial charge in [0.05, 0.1) is 6.61 Å². The zero-order valence-electron chi connectivity index (χ0n) is 9.99. The third-order valence-corrected chi connectivity index (χ3v) is 2.41. The lowest BCUT2D eigenvalue weighted by atomic mass is 10.2. The van der Waals surface area contributed by atoms with Crippen LogP contribution in [0, 0.1) is 0 Å². The predicted octanol–water partition coefficient (Wildman–Crippen LogP) is 0.417. The number of hydrogen-bond donors (Lipinski definition) is 2. The highest BCUT2D eigenvalue weighted by atomic mass is 16.7. The molecule has 1 aliphatic heterocycles. The molecule has 0 saturated carbocycles. The lowest BCUT2D eigenvalue weighted by Gasteiger charge is -2.17. The molecule has 1 atom stereocenters. The quantitative estimate of drug-likeness (QED) is 0.650. The first-order chi connectivity index (χ1) is 7.53. The first-order valence-corrected chi connectivity index (χ1v) is 5.73. The fourth-order valence-corrected chi connectivity index (χ4v) is 1.58. The zero-order chi connectivity index (χ0) is 12.0. The molecule has 1 heterocycles. The molecule has 0 radical (unpaired) electrons. The summed E-state index contributed by atoms with van der Waals surface area (Å²) >= 11 is 0. The van der Waals surface area contributed by atoms with Gasteiger partial charge in [0.1, 0.15) is 6.10 Å². The molecule has 16 heavy (non-hydrogen) atoms. The summed E-state index contributed by atoms with van der Waals surface area (Å²) in [4.78, 5) is 11.3. The zero-order valence-corrected chi connectivity index (χ0v) is 9.99. The largest absolute Gasteiger partial charge is 0.396 e. The fraction of sp³-hybridized carbons (Fsp3) is 0.909. The molecule has 0 aliphatic carbocycles. The van der Waals surface area contributed by atoms with E-state index in [1.165, 1.54) is 0 Å².